The molecule has 0 spiro atoms. The summed E-state index contributed by atoms with van der Waals surface area (Å²) in [7, 11) is 0. The molecule has 0 aliphatic heterocycles. The summed E-state index contributed by atoms with van der Waals surface area (Å²) in [5, 5.41) is 9.54. The van der Waals surface area contributed by atoms with Crippen molar-refractivity contribution in [1.29, 1.82) is 0 Å². The fourth-order valence-corrected chi connectivity index (χ4v) is 10.0. The van der Waals surface area contributed by atoms with E-state index in [4.69, 9.17) is 31.4 Å². The van der Waals surface area contributed by atoms with E-state index < -0.39 is 0 Å². The normalized spacial score (nSPS) is 43.3. The Bertz CT molecular complexity index is 727. The van der Waals surface area contributed by atoms with Gasteiger partial charge < -0.3 is 36.5 Å². The van der Waals surface area contributed by atoms with E-state index >= 15 is 0 Å². The van der Waals surface area contributed by atoms with Crippen LogP contribution in [-0.4, -0.2) is 69.5 Å². The lowest BCUT2D eigenvalue weighted by Gasteiger charge is -2.65. The molecule has 0 amide bonds. The SMILES string of the molecule is C[C@H](CCCO)[C@H]1CC[C@H]2C3[C@H](OCCCN)CC4C[C@H](OCCN)CC[C@]4(C)[C@H]3C[C@H](OCCN)C12C. The summed E-state index contributed by atoms with van der Waals surface area (Å²) in [5.74, 6) is 3.54. The smallest absolute Gasteiger partial charge is 0.0637 e. The van der Waals surface area contributed by atoms with Crippen LogP contribution in [0.15, 0.2) is 0 Å². The van der Waals surface area contributed by atoms with E-state index in [1.807, 2.05) is 0 Å². The minimum atomic E-state index is 0.116. The van der Waals surface area contributed by atoms with Gasteiger partial charge in [0.15, 0.2) is 0 Å². The zero-order chi connectivity index (χ0) is 27.3. The Morgan fingerprint density at radius 1 is 0.842 bits per heavy atom. The van der Waals surface area contributed by atoms with Gasteiger partial charge in [-0.15, -0.1) is 0 Å². The van der Waals surface area contributed by atoms with Crippen LogP contribution in [0.1, 0.15) is 85.0 Å². The zero-order valence-electron chi connectivity index (χ0n) is 24.6. The second-order valence-corrected chi connectivity index (χ2v) is 13.6. The van der Waals surface area contributed by atoms with E-state index in [1.165, 1.54) is 19.3 Å². The van der Waals surface area contributed by atoms with Crippen molar-refractivity contribution in [2.24, 2.45) is 63.5 Å². The quantitative estimate of drug-likeness (QED) is 0.249. The molecule has 0 aromatic carbocycles. The maximum Gasteiger partial charge on any atom is 0.0637 e. The molecular formula is C31H59N3O4. The van der Waals surface area contributed by atoms with Crippen LogP contribution in [0.25, 0.3) is 0 Å². The van der Waals surface area contributed by atoms with Crippen LogP contribution in [0.2, 0.25) is 0 Å². The van der Waals surface area contributed by atoms with Gasteiger partial charge >= 0.3 is 0 Å². The Morgan fingerprint density at radius 3 is 2.32 bits per heavy atom. The number of hydrogen-bond acceptors (Lipinski definition) is 7. The fraction of sp³-hybridized carbons (Fsp3) is 1.00. The standard InChI is InChI=1S/C31H59N3O4/c1-21(6-4-14-35)24-7-8-25-29-26(20-28(31(24,25)3)38-17-13-34)30(2)10-9-23(36-16-12-33)18-22(30)19-27(29)37-15-5-11-32/h21-29,35H,4-20,32-34H2,1-3H3/t21-,22?,23-,24-,25+,26+,27-,28+,29?,30+,31?/m1/s1. The molecule has 38 heavy (non-hydrogen) atoms. The van der Waals surface area contributed by atoms with E-state index in [1.54, 1.807) is 0 Å². The van der Waals surface area contributed by atoms with Gasteiger partial charge in [0.25, 0.3) is 0 Å². The summed E-state index contributed by atoms with van der Waals surface area (Å²) in [6, 6.07) is 0. The highest BCUT2D eigenvalue weighted by molar-refractivity contribution is 5.15. The second kappa shape index (κ2) is 13.6. The van der Waals surface area contributed by atoms with Crippen LogP contribution >= 0.6 is 0 Å². The summed E-state index contributed by atoms with van der Waals surface area (Å²) in [6.45, 7) is 11.7. The van der Waals surface area contributed by atoms with Crippen molar-refractivity contribution in [1.82, 2.24) is 0 Å². The first-order valence-corrected chi connectivity index (χ1v) is 15.9. The topological polar surface area (TPSA) is 126 Å². The van der Waals surface area contributed by atoms with E-state index in [2.05, 4.69) is 20.8 Å². The molecule has 4 saturated carbocycles. The summed E-state index contributed by atoms with van der Waals surface area (Å²) < 4.78 is 19.7. The molecule has 4 aliphatic carbocycles. The van der Waals surface area contributed by atoms with E-state index in [0.29, 0.717) is 74.5 Å². The Kier molecular flexibility index (Phi) is 11.0. The largest absolute Gasteiger partial charge is 0.396 e. The van der Waals surface area contributed by atoms with Crippen molar-refractivity contribution in [3.8, 4) is 0 Å². The molecule has 7 nitrogen and oxygen atoms in total. The summed E-state index contributed by atoms with van der Waals surface area (Å²) in [4.78, 5) is 0. The van der Waals surface area contributed by atoms with Gasteiger partial charge in [-0.2, -0.15) is 0 Å². The number of fused-ring (bicyclic) bond motifs is 5. The first-order valence-electron chi connectivity index (χ1n) is 15.9. The van der Waals surface area contributed by atoms with Crippen LogP contribution in [0.5, 0.6) is 0 Å². The van der Waals surface area contributed by atoms with Crippen molar-refractivity contribution < 1.29 is 19.3 Å². The summed E-state index contributed by atoms with van der Waals surface area (Å²) in [6.07, 6.45) is 11.9. The molecule has 0 aromatic rings. The Hall–Kier alpha value is -0.280. The van der Waals surface area contributed by atoms with Gasteiger partial charge in [0.2, 0.25) is 0 Å². The van der Waals surface area contributed by atoms with E-state index in [-0.39, 0.29) is 29.6 Å². The monoisotopic (exact) mass is 537 g/mol. The van der Waals surface area contributed by atoms with Crippen molar-refractivity contribution in [2.45, 2.75) is 103 Å². The van der Waals surface area contributed by atoms with E-state index in [0.717, 1.165) is 51.6 Å². The Balaban J connectivity index is 1.66. The third-order valence-corrected chi connectivity index (χ3v) is 11.8. The van der Waals surface area contributed by atoms with Crippen LogP contribution in [0.3, 0.4) is 0 Å². The maximum absolute atomic E-state index is 9.54. The maximum atomic E-state index is 9.54. The average molecular weight is 538 g/mol. The van der Waals surface area contributed by atoms with Gasteiger partial charge in [0.1, 0.15) is 0 Å². The molecule has 0 heterocycles. The van der Waals surface area contributed by atoms with Crippen molar-refractivity contribution in [3.05, 3.63) is 0 Å². The second-order valence-electron chi connectivity index (χ2n) is 13.6. The third-order valence-electron chi connectivity index (χ3n) is 11.8. The van der Waals surface area contributed by atoms with Crippen LogP contribution in [0, 0.1) is 46.3 Å². The van der Waals surface area contributed by atoms with Gasteiger partial charge in [0, 0.05) is 31.7 Å². The average Bonchev–Trinajstić information content (AvgIpc) is 3.27. The molecule has 3 unspecified atom stereocenters. The van der Waals surface area contributed by atoms with Gasteiger partial charge in [-0.1, -0.05) is 20.8 Å². The van der Waals surface area contributed by atoms with Gasteiger partial charge in [-0.05, 0) is 112 Å². The lowest BCUT2D eigenvalue weighted by atomic mass is 9.43. The zero-order valence-corrected chi connectivity index (χ0v) is 24.6. The molecule has 11 atom stereocenters. The molecular weight excluding hydrogens is 478 g/mol. The molecule has 0 aromatic heterocycles. The Morgan fingerprint density at radius 2 is 1.61 bits per heavy atom. The van der Waals surface area contributed by atoms with Crippen LogP contribution in [0.4, 0.5) is 0 Å². The van der Waals surface area contributed by atoms with Crippen LogP contribution < -0.4 is 17.2 Å². The van der Waals surface area contributed by atoms with Gasteiger partial charge in [-0.3, -0.25) is 0 Å². The van der Waals surface area contributed by atoms with Crippen molar-refractivity contribution >= 4 is 0 Å². The minimum absolute atomic E-state index is 0.116. The van der Waals surface area contributed by atoms with Crippen molar-refractivity contribution in [3.63, 3.8) is 0 Å². The molecule has 0 bridgehead atoms. The number of rotatable bonds is 14. The summed E-state index contributed by atoms with van der Waals surface area (Å²) in [5.41, 5.74) is 18.0. The minimum Gasteiger partial charge on any atom is -0.396 e. The molecule has 4 aliphatic rings. The molecule has 4 fully saturated rings. The third kappa shape index (κ3) is 5.86. The molecule has 4 rings (SSSR count). The molecule has 7 N–H and O–H groups in total. The Labute approximate surface area is 232 Å². The van der Waals surface area contributed by atoms with Crippen LogP contribution in [-0.2, 0) is 14.2 Å². The number of nitrogens with two attached hydrogens (primary N) is 3. The highest BCUT2D eigenvalue weighted by atomic mass is 16.5. The lowest BCUT2D eigenvalue weighted by Crippen LogP contribution is -2.63. The lowest BCUT2D eigenvalue weighted by molar-refractivity contribution is -0.227. The molecule has 0 saturated heterocycles. The van der Waals surface area contributed by atoms with Gasteiger partial charge in [-0.25, -0.2) is 0 Å². The fourth-order valence-electron chi connectivity index (χ4n) is 10.0. The molecule has 222 valence electrons. The predicted molar refractivity (Wildman–Crippen MR) is 152 cm³/mol. The van der Waals surface area contributed by atoms with E-state index in [9.17, 15) is 5.11 Å². The number of aliphatic hydroxyl groups excluding tert-OH is 1. The summed E-state index contributed by atoms with van der Waals surface area (Å²) >= 11 is 0. The highest BCUT2D eigenvalue weighted by Gasteiger charge is 2.66. The van der Waals surface area contributed by atoms with Gasteiger partial charge in [0.05, 0.1) is 31.5 Å². The first-order chi connectivity index (χ1) is 18.3. The number of aliphatic hydroxyl groups is 1. The van der Waals surface area contributed by atoms with Crippen molar-refractivity contribution in [2.75, 3.05) is 46.1 Å². The highest BCUT2D eigenvalue weighted by Crippen LogP contribution is 2.69. The molecule has 0 radical (unpaired) electrons. The predicted octanol–water partition coefficient (Wildman–Crippen LogP) is 3.70. The number of hydrogen-bond donors (Lipinski definition) is 4. The first kappa shape index (κ1) is 30.7. The molecule has 7 heteroatoms. The number of ether oxygens (including phenoxy) is 3.